The summed E-state index contributed by atoms with van der Waals surface area (Å²) in [7, 11) is 0. The zero-order valence-corrected chi connectivity index (χ0v) is 12.6. The Labute approximate surface area is 130 Å². The number of rotatable bonds is 3. The van der Waals surface area contributed by atoms with Gasteiger partial charge in [0.25, 0.3) is 0 Å². The number of pyridine rings is 1. The number of benzene rings is 1. The number of nitrogens with zero attached hydrogens (tertiary/aromatic N) is 1. The van der Waals surface area contributed by atoms with Crippen LogP contribution in [0.3, 0.4) is 0 Å². The molecule has 110 valence electrons. The van der Waals surface area contributed by atoms with Crippen LogP contribution in [0.2, 0.25) is 0 Å². The van der Waals surface area contributed by atoms with Crippen LogP contribution in [0, 0.1) is 0 Å². The van der Waals surface area contributed by atoms with Crippen LogP contribution in [-0.4, -0.2) is 16.1 Å². The van der Waals surface area contributed by atoms with Crippen molar-refractivity contribution in [3.8, 4) is 0 Å². The van der Waals surface area contributed by atoms with E-state index in [1.54, 1.807) is 0 Å². The Hall–Kier alpha value is -1.54. The summed E-state index contributed by atoms with van der Waals surface area (Å²) in [6, 6.07) is 5.95. The van der Waals surface area contributed by atoms with Gasteiger partial charge in [0.1, 0.15) is 5.03 Å². The van der Waals surface area contributed by atoms with Crippen molar-refractivity contribution in [2.75, 3.05) is 0 Å². The fourth-order valence-corrected chi connectivity index (χ4v) is 2.91. The van der Waals surface area contributed by atoms with Crippen molar-refractivity contribution in [2.24, 2.45) is 0 Å². The molecule has 3 nitrogen and oxygen atoms in total. The highest BCUT2D eigenvalue weighted by Crippen LogP contribution is 2.37. The van der Waals surface area contributed by atoms with Crippen molar-refractivity contribution in [1.29, 1.82) is 0 Å². The molecule has 1 heterocycles. The van der Waals surface area contributed by atoms with E-state index in [0.717, 1.165) is 23.9 Å². The molecule has 0 radical (unpaired) electrons. The SMILES string of the molecule is O=C(O)c1ccnc(Sc2ccc(C(F)(F)F)cc2Br)c1. The van der Waals surface area contributed by atoms with Gasteiger partial charge in [-0.2, -0.15) is 13.2 Å². The third-order valence-electron chi connectivity index (χ3n) is 2.46. The molecule has 0 fully saturated rings. The minimum atomic E-state index is -4.41. The van der Waals surface area contributed by atoms with Crippen LogP contribution >= 0.6 is 27.7 Å². The summed E-state index contributed by atoms with van der Waals surface area (Å²) in [5.74, 6) is -1.09. The number of halogens is 4. The highest BCUT2D eigenvalue weighted by molar-refractivity contribution is 9.10. The predicted molar refractivity (Wildman–Crippen MR) is 74.5 cm³/mol. The summed E-state index contributed by atoms with van der Waals surface area (Å²) in [6.07, 6.45) is -3.07. The second-order valence-corrected chi connectivity index (χ2v) is 5.85. The van der Waals surface area contributed by atoms with E-state index in [1.807, 2.05) is 0 Å². The summed E-state index contributed by atoms with van der Waals surface area (Å²) in [5, 5.41) is 9.27. The molecule has 0 amide bonds. The van der Waals surface area contributed by atoms with Crippen LogP contribution < -0.4 is 0 Å². The average molecular weight is 378 g/mol. The van der Waals surface area contributed by atoms with Gasteiger partial charge in [0.2, 0.25) is 0 Å². The smallest absolute Gasteiger partial charge is 0.416 e. The largest absolute Gasteiger partial charge is 0.478 e. The molecule has 0 saturated carbocycles. The van der Waals surface area contributed by atoms with E-state index < -0.39 is 17.7 Å². The van der Waals surface area contributed by atoms with E-state index in [1.165, 1.54) is 24.4 Å². The molecule has 0 unspecified atom stereocenters. The Kier molecular flexibility index (Phi) is 4.58. The number of aromatic carboxylic acids is 1. The highest BCUT2D eigenvalue weighted by atomic mass is 79.9. The van der Waals surface area contributed by atoms with Crippen molar-refractivity contribution in [1.82, 2.24) is 4.98 Å². The van der Waals surface area contributed by atoms with Gasteiger partial charge in [-0.05, 0) is 46.3 Å². The maximum atomic E-state index is 12.6. The van der Waals surface area contributed by atoms with Crippen LogP contribution in [0.4, 0.5) is 13.2 Å². The van der Waals surface area contributed by atoms with Crippen LogP contribution in [0.15, 0.2) is 50.9 Å². The van der Waals surface area contributed by atoms with E-state index in [0.29, 0.717) is 9.92 Å². The summed E-state index contributed by atoms with van der Waals surface area (Å²) >= 11 is 4.16. The number of hydrogen-bond donors (Lipinski definition) is 1. The fourth-order valence-electron chi connectivity index (χ4n) is 1.47. The quantitative estimate of drug-likeness (QED) is 0.841. The molecule has 21 heavy (non-hydrogen) atoms. The Morgan fingerprint density at radius 1 is 1.24 bits per heavy atom. The van der Waals surface area contributed by atoms with Gasteiger partial charge in [0.15, 0.2) is 0 Å². The third-order valence-corrected chi connectivity index (χ3v) is 4.38. The number of carbonyl (C=O) groups is 1. The molecule has 0 aliphatic rings. The minimum Gasteiger partial charge on any atom is -0.478 e. The molecule has 0 atom stereocenters. The van der Waals surface area contributed by atoms with Gasteiger partial charge in [0.05, 0.1) is 11.1 Å². The number of alkyl halides is 3. The maximum Gasteiger partial charge on any atom is 0.416 e. The van der Waals surface area contributed by atoms with Crippen molar-refractivity contribution >= 4 is 33.7 Å². The first-order valence-corrected chi connectivity index (χ1v) is 7.12. The van der Waals surface area contributed by atoms with Gasteiger partial charge >= 0.3 is 12.1 Å². The second kappa shape index (κ2) is 6.07. The van der Waals surface area contributed by atoms with Crippen molar-refractivity contribution < 1.29 is 23.1 Å². The molecule has 1 N–H and O–H groups in total. The first-order chi connectivity index (χ1) is 9.77. The highest BCUT2D eigenvalue weighted by Gasteiger charge is 2.30. The standard InChI is InChI=1S/C13H7BrF3NO2S/c14-9-6-8(13(15,16)17)1-2-10(9)21-11-5-7(12(19)20)3-4-18-11/h1-6H,(H,19,20). The summed E-state index contributed by atoms with van der Waals surface area (Å²) in [5.41, 5.74) is -0.693. The lowest BCUT2D eigenvalue weighted by Gasteiger charge is -2.09. The van der Waals surface area contributed by atoms with Gasteiger partial charge in [-0.1, -0.05) is 11.8 Å². The number of aromatic nitrogens is 1. The third kappa shape index (κ3) is 3.98. The average Bonchev–Trinajstić information content (AvgIpc) is 2.40. The maximum absolute atomic E-state index is 12.6. The van der Waals surface area contributed by atoms with Gasteiger partial charge in [-0.25, -0.2) is 9.78 Å². The molecular formula is C13H7BrF3NO2S. The number of carboxylic acid groups (broad SMARTS) is 1. The Morgan fingerprint density at radius 2 is 1.95 bits per heavy atom. The lowest BCUT2D eigenvalue weighted by Crippen LogP contribution is -2.04. The molecule has 0 aliphatic heterocycles. The van der Waals surface area contributed by atoms with E-state index in [9.17, 15) is 18.0 Å². The number of carboxylic acids is 1. The molecule has 0 bridgehead atoms. The zero-order chi connectivity index (χ0) is 15.6. The lowest BCUT2D eigenvalue weighted by atomic mass is 10.2. The Balaban J connectivity index is 2.28. The zero-order valence-electron chi connectivity index (χ0n) is 10.2. The predicted octanol–water partition coefficient (Wildman–Crippen LogP) is 4.71. The number of hydrogen-bond acceptors (Lipinski definition) is 3. The first kappa shape index (κ1) is 15.8. The van der Waals surface area contributed by atoms with Crippen LogP contribution in [0.1, 0.15) is 15.9 Å². The molecule has 2 aromatic rings. The topological polar surface area (TPSA) is 50.2 Å². The van der Waals surface area contributed by atoms with Gasteiger partial charge in [0, 0.05) is 15.6 Å². The van der Waals surface area contributed by atoms with Gasteiger partial charge in [-0.3, -0.25) is 0 Å². The Morgan fingerprint density at radius 3 is 2.52 bits per heavy atom. The summed E-state index contributed by atoms with van der Waals surface area (Å²) in [6.45, 7) is 0. The molecule has 8 heteroatoms. The van der Waals surface area contributed by atoms with Crippen molar-refractivity contribution in [2.45, 2.75) is 16.1 Å². The van der Waals surface area contributed by atoms with Crippen LogP contribution in [0.5, 0.6) is 0 Å². The van der Waals surface area contributed by atoms with Crippen molar-refractivity contribution in [3.63, 3.8) is 0 Å². The molecule has 0 aliphatic carbocycles. The van der Waals surface area contributed by atoms with Gasteiger partial charge in [-0.15, -0.1) is 0 Å². The molecular weight excluding hydrogens is 371 g/mol. The van der Waals surface area contributed by atoms with E-state index in [4.69, 9.17) is 5.11 Å². The van der Waals surface area contributed by atoms with Gasteiger partial charge < -0.3 is 5.11 Å². The van der Waals surface area contributed by atoms with Crippen LogP contribution in [0.25, 0.3) is 0 Å². The fraction of sp³-hybridized carbons (Fsp3) is 0.0769. The summed E-state index contributed by atoms with van der Waals surface area (Å²) in [4.78, 5) is 15.4. The molecule has 1 aromatic heterocycles. The normalized spacial score (nSPS) is 11.4. The van der Waals surface area contributed by atoms with E-state index >= 15 is 0 Å². The lowest BCUT2D eigenvalue weighted by molar-refractivity contribution is -0.137. The molecule has 1 aromatic carbocycles. The minimum absolute atomic E-state index is 0.0653. The summed E-state index contributed by atoms with van der Waals surface area (Å²) < 4.78 is 38.0. The van der Waals surface area contributed by atoms with E-state index in [2.05, 4.69) is 20.9 Å². The molecule has 0 saturated heterocycles. The first-order valence-electron chi connectivity index (χ1n) is 5.51. The second-order valence-electron chi connectivity index (χ2n) is 3.93. The monoisotopic (exact) mass is 377 g/mol. The Bertz CT molecular complexity index is 691. The van der Waals surface area contributed by atoms with E-state index in [-0.39, 0.29) is 10.0 Å². The molecule has 0 spiro atoms. The van der Waals surface area contributed by atoms with Crippen molar-refractivity contribution in [3.05, 3.63) is 52.1 Å². The van der Waals surface area contributed by atoms with Crippen LogP contribution in [-0.2, 0) is 6.18 Å². The molecule has 2 rings (SSSR count).